The van der Waals surface area contributed by atoms with Gasteiger partial charge in [0, 0.05) is 53.2 Å². The van der Waals surface area contributed by atoms with E-state index in [4.69, 9.17) is 19.9 Å². The molecule has 0 atom stereocenters. The van der Waals surface area contributed by atoms with Gasteiger partial charge in [-0.25, -0.2) is 19.9 Å². The third kappa shape index (κ3) is 5.66. The highest BCUT2D eigenvalue weighted by Gasteiger charge is 2.19. The van der Waals surface area contributed by atoms with Gasteiger partial charge in [0.1, 0.15) is 9.66 Å². The van der Waals surface area contributed by atoms with Crippen LogP contribution in [-0.4, -0.2) is 19.9 Å². The summed E-state index contributed by atoms with van der Waals surface area (Å²) >= 11 is 3.44. The largest absolute Gasteiger partial charge is 0.227 e. The molecule has 0 N–H and O–H groups in total. The molecular weight excluding hydrogens is 721 g/mol. The van der Waals surface area contributed by atoms with Gasteiger partial charge in [0.25, 0.3) is 0 Å². The van der Waals surface area contributed by atoms with E-state index in [-0.39, 0.29) is 0 Å². The van der Waals surface area contributed by atoms with Crippen LogP contribution in [0.3, 0.4) is 0 Å². The number of thiophene rings is 2. The maximum absolute atomic E-state index is 5.24. The van der Waals surface area contributed by atoms with Gasteiger partial charge in [-0.3, -0.25) is 0 Å². The van der Waals surface area contributed by atoms with Gasteiger partial charge >= 0.3 is 0 Å². The third-order valence-electron chi connectivity index (χ3n) is 10.4. The van der Waals surface area contributed by atoms with Crippen molar-refractivity contribution in [3.63, 3.8) is 0 Å². The highest BCUT2D eigenvalue weighted by atomic mass is 32.1. The molecule has 0 aliphatic heterocycles. The molecule has 4 aromatic heterocycles. The zero-order chi connectivity index (χ0) is 37.0. The Kier molecular flexibility index (Phi) is 7.83. The number of aromatic nitrogens is 4. The Labute approximate surface area is 331 Å². The molecule has 4 nitrogen and oxygen atoms in total. The molecule has 0 saturated carbocycles. The second kappa shape index (κ2) is 13.5. The molecule has 0 unspecified atom stereocenters. The first-order valence-electron chi connectivity index (χ1n) is 18.5. The van der Waals surface area contributed by atoms with E-state index < -0.39 is 0 Å². The van der Waals surface area contributed by atoms with Crippen molar-refractivity contribution in [1.29, 1.82) is 0 Å². The normalized spacial score (nSPS) is 11.6. The van der Waals surface area contributed by atoms with Crippen LogP contribution in [-0.2, 0) is 0 Å². The molecule has 11 rings (SSSR count). The van der Waals surface area contributed by atoms with Crippen molar-refractivity contribution in [2.45, 2.75) is 0 Å². The maximum Gasteiger partial charge on any atom is 0.161 e. The fourth-order valence-corrected chi connectivity index (χ4v) is 9.79. The van der Waals surface area contributed by atoms with Gasteiger partial charge in [-0.2, -0.15) is 0 Å². The standard InChI is InChI=1S/C50H30N4S2/c1-3-13-33(14-4-1)47-51-45(43-39-21-7-9-23-41(39)55-49(43)53-47)32-27-25-31(26-28-32)35-17-11-18-36(29-35)37-19-12-20-38(30-37)46-44-40-22-8-10-24-42(40)56-50(44)54-48(52-46)34-15-5-2-6-16-34/h1-30H. The number of benzene rings is 7. The van der Waals surface area contributed by atoms with Gasteiger partial charge in [0.2, 0.25) is 0 Å². The lowest BCUT2D eigenvalue weighted by atomic mass is 9.96. The van der Waals surface area contributed by atoms with Crippen molar-refractivity contribution in [3.8, 4) is 67.5 Å². The molecule has 6 heteroatoms. The quantitative estimate of drug-likeness (QED) is 0.170. The van der Waals surface area contributed by atoms with Crippen LogP contribution < -0.4 is 0 Å². The van der Waals surface area contributed by atoms with E-state index >= 15 is 0 Å². The smallest absolute Gasteiger partial charge is 0.161 e. The molecule has 7 aromatic carbocycles. The van der Waals surface area contributed by atoms with E-state index in [2.05, 4.69) is 146 Å². The predicted molar refractivity (Wildman–Crippen MR) is 236 cm³/mol. The summed E-state index contributed by atoms with van der Waals surface area (Å²) in [4.78, 5) is 22.5. The molecular formula is C50H30N4S2. The number of rotatable bonds is 6. The topological polar surface area (TPSA) is 51.6 Å². The van der Waals surface area contributed by atoms with Crippen LogP contribution in [0.1, 0.15) is 0 Å². The molecule has 0 fully saturated rings. The van der Waals surface area contributed by atoms with Crippen LogP contribution >= 0.6 is 22.7 Å². The van der Waals surface area contributed by atoms with Crippen LogP contribution in [0.15, 0.2) is 182 Å². The molecule has 0 bridgehead atoms. The Hall–Kier alpha value is -6.86. The Morgan fingerprint density at radius 2 is 0.679 bits per heavy atom. The first-order chi connectivity index (χ1) is 27.7. The average Bonchev–Trinajstić information content (AvgIpc) is 3.85. The highest BCUT2D eigenvalue weighted by molar-refractivity contribution is 7.26. The molecule has 4 heterocycles. The molecule has 0 spiro atoms. The van der Waals surface area contributed by atoms with Gasteiger partial charge < -0.3 is 0 Å². The van der Waals surface area contributed by atoms with Crippen LogP contribution in [0.4, 0.5) is 0 Å². The monoisotopic (exact) mass is 750 g/mol. The lowest BCUT2D eigenvalue weighted by Gasteiger charge is -2.11. The van der Waals surface area contributed by atoms with Gasteiger partial charge in [0.05, 0.1) is 11.4 Å². The Balaban J connectivity index is 0.982. The fraction of sp³-hybridized carbons (Fsp3) is 0. The third-order valence-corrected chi connectivity index (χ3v) is 12.5. The van der Waals surface area contributed by atoms with E-state index in [1.165, 1.54) is 20.2 Å². The summed E-state index contributed by atoms with van der Waals surface area (Å²) in [6, 6.07) is 63.9. The van der Waals surface area contributed by atoms with Crippen LogP contribution in [0.5, 0.6) is 0 Å². The fourth-order valence-electron chi connectivity index (χ4n) is 7.64. The minimum Gasteiger partial charge on any atom is -0.227 e. The van der Waals surface area contributed by atoms with E-state index in [9.17, 15) is 0 Å². The van der Waals surface area contributed by atoms with Gasteiger partial charge in [-0.1, -0.05) is 158 Å². The highest BCUT2D eigenvalue weighted by Crippen LogP contribution is 2.42. The van der Waals surface area contributed by atoms with E-state index in [0.29, 0.717) is 0 Å². The Morgan fingerprint density at radius 1 is 0.286 bits per heavy atom. The number of fused-ring (bicyclic) bond motifs is 6. The van der Waals surface area contributed by atoms with Crippen molar-refractivity contribution in [2.75, 3.05) is 0 Å². The zero-order valence-corrected chi connectivity index (χ0v) is 31.6. The van der Waals surface area contributed by atoms with E-state index in [1.54, 1.807) is 22.7 Å². The van der Waals surface area contributed by atoms with Gasteiger partial charge in [-0.15, -0.1) is 22.7 Å². The first-order valence-corrected chi connectivity index (χ1v) is 20.2. The summed E-state index contributed by atoms with van der Waals surface area (Å²) in [6.07, 6.45) is 0. The number of hydrogen-bond donors (Lipinski definition) is 0. The molecule has 0 saturated heterocycles. The Morgan fingerprint density at radius 3 is 1.21 bits per heavy atom. The van der Waals surface area contributed by atoms with E-state index in [1.807, 2.05) is 36.4 Å². The molecule has 56 heavy (non-hydrogen) atoms. The molecule has 0 aliphatic carbocycles. The molecule has 262 valence electrons. The number of nitrogens with zero attached hydrogens (tertiary/aromatic N) is 4. The minimum atomic E-state index is 0.738. The zero-order valence-electron chi connectivity index (χ0n) is 29.9. The second-order valence-corrected chi connectivity index (χ2v) is 15.9. The SMILES string of the molecule is c1ccc(-c2nc(-c3ccc(-c4cccc(-c5cccc(-c6nc(-c7ccccc7)nc7sc8ccccc8c67)c5)c4)cc3)c3c(n2)sc2ccccc23)cc1. The van der Waals surface area contributed by atoms with E-state index in [0.717, 1.165) is 88.0 Å². The summed E-state index contributed by atoms with van der Waals surface area (Å²) in [6.45, 7) is 0. The minimum absolute atomic E-state index is 0.738. The van der Waals surface area contributed by atoms with Crippen LogP contribution in [0, 0.1) is 0 Å². The van der Waals surface area contributed by atoms with Crippen molar-refractivity contribution in [1.82, 2.24) is 19.9 Å². The average molecular weight is 751 g/mol. The van der Waals surface area contributed by atoms with Gasteiger partial charge in [-0.05, 0) is 46.5 Å². The lowest BCUT2D eigenvalue weighted by Crippen LogP contribution is -1.94. The summed E-state index contributed by atoms with van der Waals surface area (Å²) in [5.41, 5.74) is 10.6. The lowest BCUT2D eigenvalue weighted by molar-refractivity contribution is 1.24. The molecule has 0 aliphatic rings. The van der Waals surface area contributed by atoms with Crippen molar-refractivity contribution in [2.24, 2.45) is 0 Å². The second-order valence-electron chi connectivity index (χ2n) is 13.8. The van der Waals surface area contributed by atoms with Crippen LogP contribution in [0.2, 0.25) is 0 Å². The molecule has 0 radical (unpaired) electrons. The van der Waals surface area contributed by atoms with Crippen molar-refractivity contribution in [3.05, 3.63) is 182 Å². The predicted octanol–water partition coefficient (Wildman–Crippen LogP) is 14.0. The number of hydrogen-bond acceptors (Lipinski definition) is 6. The Bertz CT molecular complexity index is 3240. The summed E-state index contributed by atoms with van der Waals surface area (Å²) in [5, 5.41) is 4.58. The van der Waals surface area contributed by atoms with Crippen molar-refractivity contribution >= 4 is 63.3 Å². The summed E-state index contributed by atoms with van der Waals surface area (Å²) in [5.74, 6) is 1.48. The first kappa shape index (κ1) is 32.6. The maximum atomic E-state index is 5.24. The molecule has 0 amide bonds. The van der Waals surface area contributed by atoms with Crippen molar-refractivity contribution < 1.29 is 0 Å². The summed E-state index contributed by atoms with van der Waals surface area (Å²) in [7, 11) is 0. The molecule has 11 aromatic rings. The van der Waals surface area contributed by atoms with Gasteiger partial charge in [0.15, 0.2) is 11.6 Å². The van der Waals surface area contributed by atoms with Crippen LogP contribution in [0.25, 0.3) is 108 Å². The summed E-state index contributed by atoms with van der Waals surface area (Å²) < 4.78 is 2.42.